The van der Waals surface area contributed by atoms with E-state index in [9.17, 15) is 9.90 Å². The van der Waals surface area contributed by atoms with Crippen molar-refractivity contribution in [1.29, 1.82) is 0 Å². The second-order valence-electron chi connectivity index (χ2n) is 4.72. The van der Waals surface area contributed by atoms with Crippen LogP contribution >= 0.6 is 0 Å². The highest BCUT2D eigenvalue weighted by molar-refractivity contribution is 5.82. The molecule has 1 heterocycles. The number of nitrogens with one attached hydrogen (secondary N) is 1. The topological polar surface area (TPSA) is 88.5 Å². The van der Waals surface area contributed by atoms with E-state index in [1.165, 1.54) is 0 Å². The predicted octanol–water partition coefficient (Wildman–Crippen LogP) is 1.73. The zero-order valence-corrected chi connectivity index (χ0v) is 11.2. The molecule has 0 fully saturated rings. The molecule has 0 bridgehead atoms. The van der Waals surface area contributed by atoms with Crippen LogP contribution in [-0.4, -0.2) is 17.1 Å². The van der Waals surface area contributed by atoms with E-state index in [0.29, 0.717) is 12.2 Å². The normalized spacial score (nSPS) is 13.7. The van der Waals surface area contributed by atoms with Gasteiger partial charge in [-0.15, -0.1) is 0 Å². The number of aromatic hydroxyl groups is 1. The SMILES string of the molecule is CC(NC(=O)[C@H](N)Cc1ccc(O)cc1)c1ccco1. The van der Waals surface area contributed by atoms with Crippen LogP contribution in [0.25, 0.3) is 0 Å². The number of nitrogens with two attached hydrogens (primary N) is 1. The van der Waals surface area contributed by atoms with E-state index < -0.39 is 6.04 Å². The van der Waals surface area contributed by atoms with Gasteiger partial charge in [0, 0.05) is 0 Å². The zero-order valence-electron chi connectivity index (χ0n) is 11.2. The number of amides is 1. The summed E-state index contributed by atoms with van der Waals surface area (Å²) in [5.74, 6) is 0.648. The molecule has 106 valence electrons. The lowest BCUT2D eigenvalue weighted by molar-refractivity contribution is -0.123. The van der Waals surface area contributed by atoms with Crippen molar-refractivity contribution in [2.24, 2.45) is 5.73 Å². The van der Waals surface area contributed by atoms with Crippen molar-refractivity contribution in [3.05, 3.63) is 54.0 Å². The summed E-state index contributed by atoms with van der Waals surface area (Å²) in [6.07, 6.45) is 1.98. The first-order valence-electron chi connectivity index (χ1n) is 6.43. The number of furan rings is 1. The Morgan fingerprint density at radius 1 is 1.35 bits per heavy atom. The molecular weight excluding hydrogens is 256 g/mol. The van der Waals surface area contributed by atoms with Gasteiger partial charge in [0.2, 0.25) is 5.91 Å². The molecule has 1 aromatic heterocycles. The highest BCUT2D eigenvalue weighted by Crippen LogP contribution is 2.13. The first-order valence-corrected chi connectivity index (χ1v) is 6.43. The molecule has 1 amide bonds. The molecule has 5 nitrogen and oxygen atoms in total. The van der Waals surface area contributed by atoms with Crippen LogP contribution in [0.5, 0.6) is 5.75 Å². The molecule has 2 aromatic rings. The van der Waals surface area contributed by atoms with Gasteiger partial charge in [0.1, 0.15) is 11.5 Å². The molecule has 0 saturated carbocycles. The third-order valence-corrected chi connectivity index (χ3v) is 3.06. The van der Waals surface area contributed by atoms with Crippen LogP contribution in [0.1, 0.15) is 24.3 Å². The van der Waals surface area contributed by atoms with Gasteiger partial charge in [0.15, 0.2) is 0 Å². The van der Waals surface area contributed by atoms with E-state index in [1.54, 1.807) is 42.7 Å². The van der Waals surface area contributed by atoms with Crippen molar-refractivity contribution >= 4 is 5.91 Å². The molecule has 2 rings (SSSR count). The van der Waals surface area contributed by atoms with Gasteiger partial charge in [0.25, 0.3) is 0 Å². The maximum atomic E-state index is 12.0. The Morgan fingerprint density at radius 2 is 2.05 bits per heavy atom. The average Bonchev–Trinajstić information content (AvgIpc) is 2.95. The van der Waals surface area contributed by atoms with Gasteiger partial charge in [-0.1, -0.05) is 12.1 Å². The number of carbonyl (C=O) groups excluding carboxylic acids is 1. The highest BCUT2D eigenvalue weighted by atomic mass is 16.3. The Balaban J connectivity index is 1.90. The van der Waals surface area contributed by atoms with Crippen molar-refractivity contribution in [2.45, 2.75) is 25.4 Å². The summed E-state index contributed by atoms with van der Waals surface area (Å²) in [5.41, 5.74) is 6.78. The van der Waals surface area contributed by atoms with Crippen LogP contribution in [0.4, 0.5) is 0 Å². The van der Waals surface area contributed by atoms with E-state index >= 15 is 0 Å². The first kappa shape index (κ1) is 14.1. The maximum absolute atomic E-state index is 12.0. The van der Waals surface area contributed by atoms with Crippen molar-refractivity contribution in [2.75, 3.05) is 0 Å². The number of phenolic OH excluding ortho intramolecular Hbond substituents is 1. The second kappa shape index (κ2) is 6.25. The standard InChI is InChI=1S/C15H18N2O3/c1-10(14-3-2-8-20-14)17-15(19)13(16)9-11-4-6-12(18)7-5-11/h2-8,10,13,18H,9,16H2,1H3,(H,17,19)/t10?,13-/m1/s1. The molecule has 0 spiro atoms. The fourth-order valence-corrected chi connectivity index (χ4v) is 1.91. The number of benzene rings is 1. The Hall–Kier alpha value is -2.27. The third kappa shape index (κ3) is 3.61. The molecule has 0 radical (unpaired) electrons. The van der Waals surface area contributed by atoms with Crippen molar-refractivity contribution in [1.82, 2.24) is 5.32 Å². The van der Waals surface area contributed by atoms with Gasteiger partial charge >= 0.3 is 0 Å². The maximum Gasteiger partial charge on any atom is 0.237 e. The number of hydrogen-bond donors (Lipinski definition) is 3. The molecule has 1 unspecified atom stereocenters. The summed E-state index contributed by atoms with van der Waals surface area (Å²) in [6, 6.07) is 9.36. The summed E-state index contributed by atoms with van der Waals surface area (Å²) in [6.45, 7) is 1.84. The van der Waals surface area contributed by atoms with Gasteiger partial charge < -0.3 is 20.6 Å². The van der Waals surface area contributed by atoms with Gasteiger partial charge in [-0.3, -0.25) is 4.79 Å². The van der Waals surface area contributed by atoms with E-state index in [0.717, 1.165) is 5.56 Å². The minimum Gasteiger partial charge on any atom is -0.508 e. The van der Waals surface area contributed by atoms with Crippen molar-refractivity contribution in [3.63, 3.8) is 0 Å². The van der Waals surface area contributed by atoms with Gasteiger partial charge in [-0.2, -0.15) is 0 Å². The molecule has 0 saturated heterocycles. The fourth-order valence-electron chi connectivity index (χ4n) is 1.91. The van der Waals surface area contributed by atoms with Gasteiger partial charge in [-0.25, -0.2) is 0 Å². The van der Waals surface area contributed by atoms with E-state index in [4.69, 9.17) is 10.2 Å². The lowest BCUT2D eigenvalue weighted by atomic mass is 10.1. The summed E-state index contributed by atoms with van der Waals surface area (Å²) in [5, 5.41) is 12.0. The van der Waals surface area contributed by atoms with Crippen molar-refractivity contribution in [3.8, 4) is 5.75 Å². The Bertz CT molecular complexity index is 549. The fraction of sp³-hybridized carbons (Fsp3) is 0.267. The Morgan fingerprint density at radius 3 is 2.65 bits per heavy atom. The molecule has 0 aliphatic heterocycles. The van der Waals surface area contributed by atoms with Gasteiger partial charge in [-0.05, 0) is 43.2 Å². The molecule has 0 aliphatic carbocycles. The number of carbonyl (C=O) groups is 1. The molecule has 5 heteroatoms. The van der Waals surface area contributed by atoms with E-state index in [2.05, 4.69) is 5.32 Å². The van der Waals surface area contributed by atoms with Crippen LogP contribution in [0.15, 0.2) is 47.1 Å². The van der Waals surface area contributed by atoms with Crippen LogP contribution in [-0.2, 0) is 11.2 Å². The largest absolute Gasteiger partial charge is 0.508 e. The smallest absolute Gasteiger partial charge is 0.237 e. The molecule has 2 atom stereocenters. The number of phenols is 1. The van der Waals surface area contributed by atoms with Crippen molar-refractivity contribution < 1.29 is 14.3 Å². The predicted molar refractivity (Wildman–Crippen MR) is 75.1 cm³/mol. The molecule has 1 aromatic carbocycles. The summed E-state index contributed by atoms with van der Waals surface area (Å²) in [7, 11) is 0. The third-order valence-electron chi connectivity index (χ3n) is 3.06. The average molecular weight is 274 g/mol. The number of rotatable bonds is 5. The lowest BCUT2D eigenvalue weighted by Crippen LogP contribution is -2.42. The monoisotopic (exact) mass is 274 g/mol. The minimum atomic E-state index is -0.642. The molecule has 20 heavy (non-hydrogen) atoms. The Kier molecular flexibility index (Phi) is 4.42. The second-order valence-corrected chi connectivity index (χ2v) is 4.72. The lowest BCUT2D eigenvalue weighted by Gasteiger charge is -2.16. The zero-order chi connectivity index (χ0) is 14.5. The van der Waals surface area contributed by atoms with E-state index in [-0.39, 0.29) is 17.7 Å². The summed E-state index contributed by atoms with van der Waals surface area (Å²) < 4.78 is 5.22. The van der Waals surface area contributed by atoms with Crippen LogP contribution < -0.4 is 11.1 Å². The van der Waals surface area contributed by atoms with Crippen LogP contribution in [0.2, 0.25) is 0 Å². The number of hydrogen-bond acceptors (Lipinski definition) is 4. The summed E-state index contributed by atoms with van der Waals surface area (Å²) in [4.78, 5) is 12.0. The quantitative estimate of drug-likeness (QED) is 0.774. The molecular formula is C15H18N2O3. The first-order chi connectivity index (χ1) is 9.56. The summed E-state index contributed by atoms with van der Waals surface area (Å²) >= 11 is 0. The van der Waals surface area contributed by atoms with Crippen LogP contribution in [0.3, 0.4) is 0 Å². The van der Waals surface area contributed by atoms with E-state index in [1.807, 2.05) is 6.92 Å². The molecule has 0 aliphatic rings. The minimum absolute atomic E-state index is 0.193. The Labute approximate surface area is 117 Å². The van der Waals surface area contributed by atoms with Crippen LogP contribution in [0, 0.1) is 0 Å². The highest BCUT2D eigenvalue weighted by Gasteiger charge is 2.18. The molecule has 4 N–H and O–H groups in total. The van der Waals surface area contributed by atoms with Gasteiger partial charge in [0.05, 0.1) is 18.3 Å².